The van der Waals surface area contributed by atoms with Crippen molar-refractivity contribution >= 4 is 50.6 Å². The summed E-state index contributed by atoms with van der Waals surface area (Å²) in [6.07, 6.45) is 0. The molecule has 0 aromatic heterocycles. The lowest BCUT2D eigenvalue weighted by atomic mass is 10.1. The summed E-state index contributed by atoms with van der Waals surface area (Å²) in [5.74, 6) is -0.434. The number of nitrogen functional groups attached to an aromatic ring is 1. The number of anilines is 3. The zero-order valence-corrected chi connectivity index (χ0v) is 13.7. The summed E-state index contributed by atoms with van der Waals surface area (Å²) in [7, 11) is 0. The van der Waals surface area contributed by atoms with Gasteiger partial charge in [-0.15, -0.1) is 0 Å². The lowest BCUT2D eigenvalue weighted by Gasteiger charge is -2.11. The molecule has 2 rings (SSSR count). The van der Waals surface area contributed by atoms with Gasteiger partial charge in [0.1, 0.15) is 0 Å². The standard InChI is InChI=1S/C15H14BrClN2O2/c1-2-21-15(20)11-7-9(4-6-14(11)18)19-10-3-5-13(17)12(16)8-10/h3-8,19H,2,18H2,1H3. The Bertz CT molecular complexity index is 677. The number of carbonyl (C=O) groups excluding carboxylic acids is 1. The quantitative estimate of drug-likeness (QED) is 0.610. The molecule has 0 spiro atoms. The Hall–Kier alpha value is -1.72. The molecule has 2 aromatic carbocycles. The summed E-state index contributed by atoms with van der Waals surface area (Å²) >= 11 is 9.32. The van der Waals surface area contributed by atoms with Crippen LogP contribution in [0.25, 0.3) is 0 Å². The van der Waals surface area contributed by atoms with Gasteiger partial charge in [0.05, 0.1) is 17.2 Å². The zero-order valence-electron chi connectivity index (χ0n) is 11.3. The van der Waals surface area contributed by atoms with Crippen LogP contribution >= 0.6 is 27.5 Å². The van der Waals surface area contributed by atoms with Gasteiger partial charge in [0, 0.05) is 21.5 Å². The second-order valence-corrected chi connectivity index (χ2v) is 5.54. The van der Waals surface area contributed by atoms with Crippen LogP contribution in [0.4, 0.5) is 17.1 Å². The molecule has 6 heteroatoms. The highest BCUT2D eigenvalue weighted by Crippen LogP contribution is 2.28. The number of benzene rings is 2. The number of nitrogens with one attached hydrogen (secondary N) is 1. The number of nitrogens with two attached hydrogens (primary N) is 1. The molecule has 0 unspecified atom stereocenters. The van der Waals surface area contributed by atoms with E-state index in [-0.39, 0.29) is 0 Å². The van der Waals surface area contributed by atoms with Crippen molar-refractivity contribution in [1.29, 1.82) is 0 Å². The first kappa shape index (κ1) is 15.7. The molecular formula is C15H14BrClN2O2. The zero-order chi connectivity index (χ0) is 15.4. The van der Waals surface area contributed by atoms with Crippen LogP contribution in [0.1, 0.15) is 17.3 Å². The first-order valence-corrected chi connectivity index (χ1v) is 7.47. The Balaban J connectivity index is 2.26. The molecule has 0 radical (unpaired) electrons. The van der Waals surface area contributed by atoms with Crippen LogP contribution in [-0.4, -0.2) is 12.6 Å². The van der Waals surface area contributed by atoms with Crippen molar-refractivity contribution in [3.63, 3.8) is 0 Å². The van der Waals surface area contributed by atoms with E-state index >= 15 is 0 Å². The molecule has 0 aliphatic carbocycles. The summed E-state index contributed by atoms with van der Waals surface area (Å²) in [5, 5.41) is 3.81. The first-order chi connectivity index (χ1) is 10.0. The number of hydrogen-bond acceptors (Lipinski definition) is 4. The summed E-state index contributed by atoms with van der Waals surface area (Å²) in [6, 6.07) is 10.6. The van der Waals surface area contributed by atoms with E-state index in [9.17, 15) is 4.79 Å². The Kier molecular flexibility index (Phi) is 5.09. The number of halogens is 2. The highest BCUT2D eigenvalue weighted by Gasteiger charge is 2.11. The summed E-state index contributed by atoms with van der Waals surface area (Å²) < 4.78 is 5.76. The fourth-order valence-electron chi connectivity index (χ4n) is 1.76. The smallest absolute Gasteiger partial charge is 0.340 e. The van der Waals surface area contributed by atoms with Gasteiger partial charge in [0.2, 0.25) is 0 Å². The van der Waals surface area contributed by atoms with Gasteiger partial charge < -0.3 is 15.8 Å². The maximum atomic E-state index is 11.8. The van der Waals surface area contributed by atoms with E-state index in [0.717, 1.165) is 15.8 Å². The van der Waals surface area contributed by atoms with Crippen molar-refractivity contribution in [2.24, 2.45) is 0 Å². The molecule has 4 nitrogen and oxygen atoms in total. The van der Waals surface area contributed by atoms with Crippen molar-refractivity contribution in [3.8, 4) is 0 Å². The van der Waals surface area contributed by atoms with E-state index in [4.69, 9.17) is 22.1 Å². The average molecular weight is 370 g/mol. The number of ether oxygens (including phenoxy) is 1. The Morgan fingerprint density at radius 2 is 1.95 bits per heavy atom. The molecule has 0 aliphatic rings. The third kappa shape index (κ3) is 3.89. The lowest BCUT2D eigenvalue weighted by Crippen LogP contribution is -2.08. The van der Waals surface area contributed by atoms with Gasteiger partial charge in [-0.1, -0.05) is 11.6 Å². The lowest BCUT2D eigenvalue weighted by molar-refractivity contribution is 0.0527. The minimum absolute atomic E-state index is 0.306. The van der Waals surface area contributed by atoms with E-state index in [1.165, 1.54) is 0 Å². The van der Waals surface area contributed by atoms with Crippen LogP contribution in [0.3, 0.4) is 0 Å². The molecule has 0 aliphatic heterocycles. The number of esters is 1. The van der Waals surface area contributed by atoms with Crippen molar-refractivity contribution in [1.82, 2.24) is 0 Å². The van der Waals surface area contributed by atoms with Gasteiger partial charge in [-0.2, -0.15) is 0 Å². The van der Waals surface area contributed by atoms with Crippen molar-refractivity contribution < 1.29 is 9.53 Å². The number of hydrogen-bond donors (Lipinski definition) is 2. The first-order valence-electron chi connectivity index (χ1n) is 6.30. The largest absolute Gasteiger partial charge is 0.462 e. The van der Waals surface area contributed by atoms with Gasteiger partial charge >= 0.3 is 5.97 Å². The van der Waals surface area contributed by atoms with Crippen molar-refractivity contribution in [3.05, 3.63) is 51.5 Å². The number of rotatable bonds is 4. The third-order valence-corrected chi connectivity index (χ3v) is 3.97. The van der Waals surface area contributed by atoms with Gasteiger partial charge in [-0.3, -0.25) is 0 Å². The molecule has 0 heterocycles. The third-order valence-electron chi connectivity index (χ3n) is 2.76. The molecule has 0 saturated heterocycles. The van der Waals surface area contributed by atoms with E-state index < -0.39 is 5.97 Å². The Morgan fingerprint density at radius 1 is 1.29 bits per heavy atom. The maximum absolute atomic E-state index is 11.8. The number of carbonyl (C=O) groups is 1. The normalized spacial score (nSPS) is 10.2. The van der Waals surface area contributed by atoms with Crippen LogP contribution < -0.4 is 11.1 Å². The molecule has 3 N–H and O–H groups in total. The molecule has 0 fully saturated rings. The summed E-state index contributed by atoms with van der Waals surface area (Å²) in [5.41, 5.74) is 8.11. The van der Waals surface area contributed by atoms with Gasteiger partial charge in [0.25, 0.3) is 0 Å². The fourth-order valence-corrected chi connectivity index (χ4v) is 2.26. The maximum Gasteiger partial charge on any atom is 0.340 e. The van der Waals surface area contributed by atoms with Crippen LogP contribution in [0.15, 0.2) is 40.9 Å². The minimum Gasteiger partial charge on any atom is -0.462 e. The van der Waals surface area contributed by atoms with Crippen LogP contribution in [-0.2, 0) is 4.74 Å². The predicted molar refractivity (Wildman–Crippen MR) is 89.2 cm³/mol. The van der Waals surface area contributed by atoms with E-state index in [0.29, 0.717) is 22.9 Å². The minimum atomic E-state index is -0.434. The molecular weight excluding hydrogens is 356 g/mol. The Morgan fingerprint density at radius 3 is 2.62 bits per heavy atom. The SMILES string of the molecule is CCOC(=O)c1cc(Nc2ccc(Cl)c(Br)c2)ccc1N. The topological polar surface area (TPSA) is 64.3 Å². The summed E-state index contributed by atoms with van der Waals surface area (Å²) in [6.45, 7) is 2.06. The van der Waals surface area contributed by atoms with Gasteiger partial charge in [0.15, 0.2) is 0 Å². The molecule has 0 amide bonds. The van der Waals surface area contributed by atoms with Gasteiger partial charge in [-0.05, 0) is 59.3 Å². The fraction of sp³-hybridized carbons (Fsp3) is 0.133. The van der Waals surface area contributed by atoms with Crippen molar-refractivity contribution in [2.75, 3.05) is 17.7 Å². The van der Waals surface area contributed by atoms with Crippen LogP contribution in [0.2, 0.25) is 5.02 Å². The monoisotopic (exact) mass is 368 g/mol. The molecule has 0 bridgehead atoms. The molecule has 0 saturated carbocycles. The van der Waals surface area contributed by atoms with E-state index in [1.807, 2.05) is 12.1 Å². The molecule has 110 valence electrons. The summed E-state index contributed by atoms with van der Waals surface area (Å²) in [4.78, 5) is 11.8. The van der Waals surface area contributed by atoms with E-state index in [1.54, 1.807) is 31.2 Å². The van der Waals surface area contributed by atoms with Crippen LogP contribution in [0, 0.1) is 0 Å². The predicted octanol–water partition coefficient (Wildman–Crippen LogP) is 4.61. The van der Waals surface area contributed by atoms with Gasteiger partial charge in [-0.25, -0.2) is 4.79 Å². The highest BCUT2D eigenvalue weighted by atomic mass is 79.9. The average Bonchev–Trinajstić information content (AvgIpc) is 2.45. The molecule has 21 heavy (non-hydrogen) atoms. The second-order valence-electron chi connectivity index (χ2n) is 4.28. The van der Waals surface area contributed by atoms with E-state index in [2.05, 4.69) is 21.2 Å². The van der Waals surface area contributed by atoms with Crippen LogP contribution in [0.5, 0.6) is 0 Å². The highest BCUT2D eigenvalue weighted by molar-refractivity contribution is 9.10. The van der Waals surface area contributed by atoms with Crippen molar-refractivity contribution in [2.45, 2.75) is 6.92 Å². The Labute approximate surface area is 136 Å². The molecule has 0 atom stereocenters. The molecule has 2 aromatic rings. The second kappa shape index (κ2) is 6.83.